The Kier molecular flexibility index (Phi) is 5.67. The third-order valence-corrected chi connectivity index (χ3v) is 4.94. The van der Waals surface area contributed by atoms with E-state index >= 15 is 0 Å². The standard InChI is InChI=1S/C12H18ClO4P/c1-5-17-18(4,14)12(16-3)9-6-7-10(13)11(8-9)15-2/h6-8,12H,5H2,1-4H3. The summed E-state index contributed by atoms with van der Waals surface area (Å²) in [5.74, 6) is -0.101. The molecule has 1 aromatic rings. The largest absolute Gasteiger partial charge is 0.495 e. The van der Waals surface area contributed by atoms with Crippen LogP contribution in [0.25, 0.3) is 0 Å². The van der Waals surface area contributed by atoms with Crippen LogP contribution < -0.4 is 4.74 Å². The lowest BCUT2D eigenvalue weighted by Crippen LogP contribution is -2.05. The zero-order valence-corrected chi connectivity index (χ0v) is 12.6. The van der Waals surface area contributed by atoms with Gasteiger partial charge in [0, 0.05) is 13.8 Å². The fraction of sp³-hybridized carbons (Fsp3) is 0.500. The maximum absolute atomic E-state index is 12.4. The zero-order chi connectivity index (χ0) is 13.8. The Balaban J connectivity index is 3.13. The molecule has 0 amide bonds. The number of rotatable bonds is 6. The number of ether oxygens (including phenoxy) is 2. The molecule has 0 aromatic heterocycles. The van der Waals surface area contributed by atoms with Crippen LogP contribution in [0.15, 0.2) is 18.2 Å². The summed E-state index contributed by atoms with van der Waals surface area (Å²) in [7, 11) is 0.139. The normalized spacial score (nSPS) is 16.1. The summed E-state index contributed by atoms with van der Waals surface area (Å²) in [6.07, 6.45) is 0. The van der Waals surface area contributed by atoms with Crippen molar-refractivity contribution in [2.75, 3.05) is 27.5 Å². The first-order valence-electron chi connectivity index (χ1n) is 5.54. The van der Waals surface area contributed by atoms with Gasteiger partial charge in [-0.3, -0.25) is 4.57 Å². The van der Waals surface area contributed by atoms with E-state index in [0.29, 0.717) is 17.4 Å². The van der Waals surface area contributed by atoms with Gasteiger partial charge < -0.3 is 14.0 Å². The Bertz CT molecular complexity index is 450. The van der Waals surface area contributed by atoms with Crippen LogP contribution in [0, 0.1) is 0 Å². The van der Waals surface area contributed by atoms with Gasteiger partial charge in [0.2, 0.25) is 7.37 Å². The first kappa shape index (κ1) is 15.5. The van der Waals surface area contributed by atoms with Crippen molar-refractivity contribution in [1.29, 1.82) is 0 Å². The second kappa shape index (κ2) is 6.58. The first-order valence-corrected chi connectivity index (χ1v) is 8.06. The van der Waals surface area contributed by atoms with Gasteiger partial charge in [0.1, 0.15) is 5.75 Å². The average molecular weight is 293 g/mol. The van der Waals surface area contributed by atoms with Gasteiger partial charge in [0.15, 0.2) is 5.85 Å². The topological polar surface area (TPSA) is 44.8 Å². The Hall–Kier alpha value is -0.540. The maximum Gasteiger partial charge on any atom is 0.232 e. The van der Waals surface area contributed by atoms with Crippen LogP contribution in [0.1, 0.15) is 18.3 Å². The molecular weight excluding hydrogens is 275 g/mol. The van der Waals surface area contributed by atoms with E-state index in [9.17, 15) is 4.57 Å². The summed E-state index contributed by atoms with van der Waals surface area (Å²) in [5.41, 5.74) is 0.720. The minimum absolute atomic E-state index is 0.373. The summed E-state index contributed by atoms with van der Waals surface area (Å²) in [6.45, 7) is 3.73. The van der Waals surface area contributed by atoms with Crippen molar-refractivity contribution in [3.8, 4) is 5.75 Å². The molecule has 1 aromatic carbocycles. The molecule has 0 aliphatic rings. The first-order chi connectivity index (χ1) is 8.46. The Labute approximate surface area is 113 Å². The maximum atomic E-state index is 12.4. The van der Waals surface area contributed by atoms with E-state index < -0.39 is 13.2 Å². The van der Waals surface area contributed by atoms with E-state index in [1.54, 1.807) is 31.8 Å². The Morgan fingerprint density at radius 3 is 2.56 bits per heavy atom. The predicted molar refractivity (Wildman–Crippen MR) is 72.9 cm³/mol. The van der Waals surface area contributed by atoms with Crippen molar-refractivity contribution in [2.45, 2.75) is 12.8 Å². The summed E-state index contributed by atoms with van der Waals surface area (Å²) in [4.78, 5) is 0. The van der Waals surface area contributed by atoms with Crippen LogP contribution in [-0.4, -0.2) is 27.5 Å². The van der Waals surface area contributed by atoms with E-state index in [0.717, 1.165) is 5.56 Å². The second-order valence-electron chi connectivity index (χ2n) is 3.81. The number of halogens is 1. The van der Waals surface area contributed by atoms with Crippen LogP contribution in [0.5, 0.6) is 5.75 Å². The molecule has 0 radical (unpaired) electrons. The number of benzene rings is 1. The predicted octanol–water partition coefficient (Wildman–Crippen LogP) is 3.94. The monoisotopic (exact) mass is 292 g/mol. The molecule has 4 nitrogen and oxygen atoms in total. The van der Waals surface area contributed by atoms with Gasteiger partial charge in [0.25, 0.3) is 0 Å². The molecule has 0 bridgehead atoms. The van der Waals surface area contributed by atoms with Gasteiger partial charge in [-0.05, 0) is 24.6 Å². The van der Waals surface area contributed by atoms with Crippen LogP contribution in [0.3, 0.4) is 0 Å². The molecule has 6 heteroatoms. The van der Waals surface area contributed by atoms with Crippen LogP contribution in [-0.2, 0) is 13.8 Å². The molecule has 0 aliphatic heterocycles. The minimum Gasteiger partial charge on any atom is -0.495 e. The van der Waals surface area contributed by atoms with Crippen molar-refractivity contribution in [3.63, 3.8) is 0 Å². The van der Waals surface area contributed by atoms with Gasteiger partial charge in [-0.1, -0.05) is 17.7 Å². The third-order valence-electron chi connectivity index (χ3n) is 2.50. The highest BCUT2D eigenvalue weighted by Gasteiger charge is 2.31. The average Bonchev–Trinajstić information content (AvgIpc) is 2.31. The molecule has 0 spiro atoms. The lowest BCUT2D eigenvalue weighted by molar-refractivity contribution is 0.146. The van der Waals surface area contributed by atoms with Gasteiger partial charge >= 0.3 is 0 Å². The molecule has 0 heterocycles. The van der Waals surface area contributed by atoms with Crippen LogP contribution in [0.2, 0.25) is 5.02 Å². The highest BCUT2D eigenvalue weighted by Crippen LogP contribution is 2.57. The quantitative estimate of drug-likeness (QED) is 0.745. The molecule has 0 fully saturated rings. The van der Waals surface area contributed by atoms with E-state index in [1.165, 1.54) is 14.2 Å². The molecule has 2 unspecified atom stereocenters. The Morgan fingerprint density at radius 2 is 2.06 bits per heavy atom. The molecule has 1 rings (SSSR count). The lowest BCUT2D eigenvalue weighted by atomic mass is 10.2. The van der Waals surface area contributed by atoms with Crippen molar-refractivity contribution in [1.82, 2.24) is 0 Å². The molecule has 0 N–H and O–H groups in total. The minimum atomic E-state index is -2.89. The molecule has 0 saturated carbocycles. The van der Waals surface area contributed by atoms with E-state index in [2.05, 4.69) is 0 Å². The summed E-state index contributed by atoms with van der Waals surface area (Å²) in [5, 5.41) is 0.499. The van der Waals surface area contributed by atoms with Gasteiger partial charge in [0.05, 0.1) is 18.7 Å². The highest BCUT2D eigenvalue weighted by molar-refractivity contribution is 7.58. The smallest absolute Gasteiger partial charge is 0.232 e. The molecular formula is C12H18ClO4P. The number of hydrogen-bond donors (Lipinski definition) is 0. The molecule has 18 heavy (non-hydrogen) atoms. The van der Waals surface area contributed by atoms with Gasteiger partial charge in [-0.15, -0.1) is 0 Å². The van der Waals surface area contributed by atoms with Crippen LogP contribution in [0.4, 0.5) is 0 Å². The number of methoxy groups -OCH3 is 2. The fourth-order valence-corrected chi connectivity index (χ4v) is 3.68. The van der Waals surface area contributed by atoms with Crippen molar-refractivity contribution in [3.05, 3.63) is 28.8 Å². The van der Waals surface area contributed by atoms with Crippen molar-refractivity contribution < 1.29 is 18.6 Å². The summed E-state index contributed by atoms with van der Waals surface area (Å²) < 4.78 is 28.1. The lowest BCUT2D eigenvalue weighted by Gasteiger charge is -2.23. The van der Waals surface area contributed by atoms with E-state index in [1.807, 2.05) is 0 Å². The van der Waals surface area contributed by atoms with E-state index in [-0.39, 0.29) is 0 Å². The summed E-state index contributed by atoms with van der Waals surface area (Å²) >= 11 is 5.95. The molecule has 102 valence electrons. The van der Waals surface area contributed by atoms with Crippen LogP contribution >= 0.6 is 19.0 Å². The van der Waals surface area contributed by atoms with Crippen molar-refractivity contribution >= 4 is 19.0 Å². The third kappa shape index (κ3) is 3.48. The molecule has 0 aliphatic carbocycles. The van der Waals surface area contributed by atoms with Crippen molar-refractivity contribution in [2.24, 2.45) is 0 Å². The second-order valence-corrected chi connectivity index (χ2v) is 6.76. The Morgan fingerprint density at radius 1 is 1.39 bits per heavy atom. The molecule has 2 atom stereocenters. The SMILES string of the molecule is CCOP(C)(=O)C(OC)c1ccc(Cl)c(OC)c1. The van der Waals surface area contributed by atoms with E-state index in [4.69, 9.17) is 25.6 Å². The highest BCUT2D eigenvalue weighted by atomic mass is 35.5. The molecule has 0 saturated heterocycles. The fourth-order valence-electron chi connectivity index (χ4n) is 1.75. The zero-order valence-electron chi connectivity index (χ0n) is 11.0. The van der Waals surface area contributed by atoms with Gasteiger partial charge in [-0.25, -0.2) is 0 Å². The number of hydrogen-bond acceptors (Lipinski definition) is 4. The van der Waals surface area contributed by atoms with Gasteiger partial charge in [-0.2, -0.15) is 0 Å². The summed E-state index contributed by atoms with van der Waals surface area (Å²) in [6, 6.07) is 5.16.